The first kappa shape index (κ1) is 16.1. The maximum absolute atomic E-state index is 12.2. The lowest BCUT2D eigenvalue weighted by atomic mass is 9.94. The Labute approximate surface area is 131 Å². The smallest absolute Gasteiger partial charge is 0.241 e. The van der Waals surface area contributed by atoms with Crippen LogP contribution in [-0.2, 0) is 4.79 Å². The van der Waals surface area contributed by atoms with Gasteiger partial charge >= 0.3 is 0 Å². The molecule has 2 atom stereocenters. The fourth-order valence-electron chi connectivity index (χ4n) is 2.46. The molecule has 0 aromatic heterocycles. The largest absolute Gasteiger partial charge is 0.489 e. The van der Waals surface area contributed by atoms with Crippen LogP contribution in [0, 0.1) is 5.92 Å². The zero-order valence-corrected chi connectivity index (χ0v) is 13.5. The summed E-state index contributed by atoms with van der Waals surface area (Å²) in [7, 11) is 0. The Hall–Kier alpha value is -1.26. The van der Waals surface area contributed by atoms with Gasteiger partial charge in [0.25, 0.3) is 0 Å². The molecule has 1 aromatic carbocycles. The first-order chi connectivity index (χ1) is 9.95. The number of nitrogens with one attached hydrogen (secondary N) is 2. The van der Waals surface area contributed by atoms with Crippen LogP contribution in [0.15, 0.2) is 18.2 Å². The highest BCUT2D eigenvalue weighted by Gasteiger charge is 2.24. The molecular formula is C16H23ClN2O2. The Morgan fingerprint density at radius 1 is 1.48 bits per heavy atom. The number of carbonyl (C=O) groups is 1. The van der Waals surface area contributed by atoms with Crippen molar-refractivity contribution in [1.29, 1.82) is 0 Å². The summed E-state index contributed by atoms with van der Waals surface area (Å²) >= 11 is 6.17. The van der Waals surface area contributed by atoms with Gasteiger partial charge in [-0.3, -0.25) is 4.79 Å². The van der Waals surface area contributed by atoms with E-state index in [9.17, 15) is 4.79 Å². The molecule has 4 nitrogen and oxygen atoms in total. The standard InChI is InChI=1S/C16H23ClN2O2/c1-10(2)21-15-5-4-12(9-13(15)17)19-16(20)14-8-11(3)6-7-18-14/h4-5,9-11,14,18H,6-8H2,1-3H3,(H,19,20). The molecule has 0 bridgehead atoms. The van der Waals surface area contributed by atoms with E-state index in [1.807, 2.05) is 19.9 Å². The van der Waals surface area contributed by atoms with E-state index in [4.69, 9.17) is 16.3 Å². The van der Waals surface area contributed by atoms with Crippen molar-refractivity contribution in [3.63, 3.8) is 0 Å². The summed E-state index contributed by atoms with van der Waals surface area (Å²) in [5.41, 5.74) is 0.695. The van der Waals surface area contributed by atoms with E-state index in [0.29, 0.717) is 22.4 Å². The van der Waals surface area contributed by atoms with Gasteiger partial charge in [-0.1, -0.05) is 18.5 Å². The number of rotatable bonds is 4. The summed E-state index contributed by atoms with van der Waals surface area (Å²) in [5, 5.41) is 6.67. The predicted octanol–water partition coefficient (Wildman–Crippen LogP) is 3.45. The van der Waals surface area contributed by atoms with E-state index in [-0.39, 0.29) is 18.1 Å². The van der Waals surface area contributed by atoms with Gasteiger partial charge in [0.05, 0.1) is 17.2 Å². The van der Waals surface area contributed by atoms with Crippen molar-refractivity contribution in [2.45, 2.75) is 45.8 Å². The molecule has 1 aromatic rings. The number of hydrogen-bond acceptors (Lipinski definition) is 3. The fourth-order valence-corrected chi connectivity index (χ4v) is 2.69. The van der Waals surface area contributed by atoms with Crippen molar-refractivity contribution < 1.29 is 9.53 Å². The number of ether oxygens (including phenoxy) is 1. The molecule has 2 unspecified atom stereocenters. The molecule has 5 heteroatoms. The predicted molar refractivity (Wildman–Crippen MR) is 86.0 cm³/mol. The molecule has 1 amide bonds. The molecular weight excluding hydrogens is 288 g/mol. The summed E-state index contributed by atoms with van der Waals surface area (Å²) < 4.78 is 5.58. The number of amides is 1. The summed E-state index contributed by atoms with van der Waals surface area (Å²) in [4.78, 5) is 12.2. The number of piperidine rings is 1. The van der Waals surface area contributed by atoms with Gasteiger partial charge < -0.3 is 15.4 Å². The van der Waals surface area contributed by atoms with E-state index in [1.54, 1.807) is 12.1 Å². The fraction of sp³-hybridized carbons (Fsp3) is 0.562. The molecule has 1 fully saturated rings. The minimum absolute atomic E-state index is 0.00450. The van der Waals surface area contributed by atoms with Crippen LogP contribution in [0.1, 0.15) is 33.6 Å². The first-order valence-corrected chi connectivity index (χ1v) is 7.84. The maximum Gasteiger partial charge on any atom is 0.241 e. The van der Waals surface area contributed by atoms with Crippen molar-refractivity contribution in [2.24, 2.45) is 5.92 Å². The third-order valence-corrected chi connectivity index (χ3v) is 3.84. The third-order valence-electron chi connectivity index (χ3n) is 3.54. The van der Waals surface area contributed by atoms with Crippen LogP contribution in [0.5, 0.6) is 5.75 Å². The molecule has 0 spiro atoms. The lowest BCUT2D eigenvalue weighted by Gasteiger charge is -2.27. The normalized spacial score (nSPS) is 22.1. The summed E-state index contributed by atoms with van der Waals surface area (Å²) in [5.74, 6) is 1.21. The van der Waals surface area contributed by atoms with Crippen molar-refractivity contribution in [3.05, 3.63) is 23.2 Å². The quantitative estimate of drug-likeness (QED) is 0.895. The Balaban J connectivity index is 1.99. The van der Waals surface area contributed by atoms with Crippen LogP contribution in [0.4, 0.5) is 5.69 Å². The van der Waals surface area contributed by atoms with Crippen LogP contribution < -0.4 is 15.4 Å². The molecule has 1 saturated heterocycles. The molecule has 21 heavy (non-hydrogen) atoms. The highest BCUT2D eigenvalue weighted by Crippen LogP contribution is 2.28. The van der Waals surface area contributed by atoms with Crippen molar-refractivity contribution in [3.8, 4) is 5.75 Å². The van der Waals surface area contributed by atoms with E-state index in [1.165, 1.54) is 0 Å². The average Bonchev–Trinajstić information content (AvgIpc) is 2.41. The van der Waals surface area contributed by atoms with Gasteiger partial charge in [0.1, 0.15) is 5.75 Å². The minimum Gasteiger partial charge on any atom is -0.489 e. The lowest BCUT2D eigenvalue weighted by molar-refractivity contribution is -0.119. The van der Waals surface area contributed by atoms with Gasteiger partial charge in [-0.15, -0.1) is 0 Å². The van der Waals surface area contributed by atoms with E-state index in [2.05, 4.69) is 17.6 Å². The number of anilines is 1. The molecule has 1 aliphatic heterocycles. The molecule has 0 radical (unpaired) electrons. The minimum atomic E-state index is -0.126. The van der Waals surface area contributed by atoms with Gasteiger partial charge in [0, 0.05) is 5.69 Å². The van der Waals surface area contributed by atoms with Gasteiger partial charge in [-0.05, 0) is 57.4 Å². The van der Waals surface area contributed by atoms with Gasteiger partial charge in [-0.2, -0.15) is 0 Å². The third kappa shape index (κ3) is 4.61. The summed E-state index contributed by atoms with van der Waals surface area (Å²) in [6.07, 6.45) is 2.06. The van der Waals surface area contributed by atoms with Crippen LogP contribution in [-0.4, -0.2) is 24.6 Å². The Morgan fingerprint density at radius 2 is 2.24 bits per heavy atom. The molecule has 116 valence electrons. The molecule has 2 rings (SSSR count). The number of hydrogen-bond donors (Lipinski definition) is 2. The summed E-state index contributed by atoms with van der Waals surface area (Å²) in [6.45, 7) is 6.96. The SMILES string of the molecule is CC1CCNC(C(=O)Nc2ccc(OC(C)C)c(Cl)c2)C1. The van der Waals surface area contributed by atoms with Crippen LogP contribution in [0.25, 0.3) is 0 Å². The highest BCUT2D eigenvalue weighted by molar-refractivity contribution is 6.32. The maximum atomic E-state index is 12.2. The lowest BCUT2D eigenvalue weighted by Crippen LogP contribution is -2.45. The topological polar surface area (TPSA) is 50.4 Å². The molecule has 0 saturated carbocycles. The summed E-state index contributed by atoms with van der Waals surface area (Å²) in [6, 6.07) is 5.20. The van der Waals surface area contributed by atoms with Gasteiger partial charge in [0.2, 0.25) is 5.91 Å². The van der Waals surface area contributed by atoms with Gasteiger partial charge in [0.15, 0.2) is 0 Å². The van der Waals surface area contributed by atoms with Crippen molar-refractivity contribution >= 4 is 23.2 Å². The van der Waals surface area contributed by atoms with E-state index in [0.717, 1.165) is 19.4 Å². The van der Waals surface area contributed by atoms with Crippen LogP contribution >= 0.6 is 11.6 Å². The van der Waals surface area contributed by atoms with Crippen molar-refractivity contribution in [2.75, 3.05) is 11.9 Å². The second-order valence-corrected chi connectivity index (χ2v) is 6.34. The number of benzene rings is 1. The van der Waals surface area contributed by atoms with Crippen LogP contribution in [0.2, 0.25) is 5.02 Å². The van der Waals surface area contributed by atoms with Crippen LogP contribution in [0.3, 0.4) is 0 Å². The zero-order chi connectivity index (χ0) is 15.4. The second kappa shape index (κ2) is 7.14. The second-order valence-electron chi connectivity index (χ2n) is 5.94. The monoisotopic (exact) mass is 310 g/mol. The van der Waals surface area contributed by atoms with Gasteiger partial charge in [-0.25, -0.2) is 0 Å². The Morgan fingerprint density at radius 3 is 2.86 bits per heavy atom. The molecule has 1 heterocycles. The first-order valence-electron chi connectivity index (χ1n) is 7.46. The van der Waals surface area contributed by atoms with E-state index >= 15 is 0 Å². The average molecular weight is 311 g/mol. The Kier molecular flexibility index (Phi) is 5.48. The molecule has 1 aliphatic rings. The Bertz CT molecular complexity index is 505. The number of carbonyl (C=O) groups excluding carboxylic acids is 1. The highest BCUT2D eigenvalue weighted by atomic mass is 35.5. The number of halogens is 1. The van der Waals surface area contributed by atoms with Crippen molar-refractivity contribution in [1.82, 2.24) is 5.32 Å². The zero-order valence-electron chi connectivity index (χ0n) is 12.8. The molecule has 2 N–H and O–H groups in total. The van der Waals surface area contributed by atoms with E-state index < -0.39 is 0 Å². The molecule has 0 aliphatic carbocycles.